The fraction of sp³-hybridized carbons (Fsp3) is 0.750. The molecule has 1 aromatic rings. The first-order valence-electron chi connectivity index (χ1n) is 7.78. The molecule has 3 N–H and O–H groups in total. The molecule has 0 spiro atoms. The number of hydrogen-bond donors (Lipinski definition) is 2. The first kappa shape index (κ1) is 14.6. The zero-order valence-electron chi connectivity index (χ0n) is 13.1. The van der Waals surface area contributed by atoms with Crippen LogP contribution in [0.4, 0.5) is 0 Å². The van der Waals surface area contributed by atoms with Gasteiger partial charge in [0.05, 0.1) is 6.33 Å². The standard InChI is InChI=1S/C16H25N3O2/c1-15(2)10-4-5-16(15,3)13(6-10)21-14(20)12(17)7-11-8-18-9-19-11/h8-10,12-13H,4-7,17H2,1-3H3,(H,18,19)/t10?,12-,13?,16?/m1/s1. The van der Waals surface area contributed by atoms with Crippen LogP contribution in [0.1, 0.15) is 45.7 Å². The zero-order valence-corrected chi connectivity index (χ0v) is 13.1. The van der Waals surface area contributed by atoms with E-state index in [0.717, 1.165) is 18.5 Å². The largest absolute Gasteiger partial charge is 0.461 e. The predicted octanol–water partition coefficient (Wildman–Crippen LogP) is 2.04. The number of fused-ring (bicyclic) bond motifs is 2. The van der Waals surface area contributed by atoms with Crippen molar-refractivity contribution in [1.29, 1.82) is 0 Å². The van der Waals surface area contributed by atoms with E-state index in [4.69, 9.17) is 10.5 Å². The van der Waals surface area contributed by atoms with Crippen molar-refractivity contribution in [2.24, 2.45) is 22.5 Å². The molecule has 0 amide bonds. The number of ether oxygens (including phenoxy) is 1. The highest BCUT2D eigenvalue weighted by atomic mass is 16.5. The number of hydrogen-bond acceptors (Lipinski definition) is 4. The Kier molecular flexibility index (Phi) is 3.35. The molecule has 5 heteroatoms. The van der Waals surface area contributed by atoms with Crippen LogP contribution in [0.5, 0.6) is 0 Å². The SMILES string of the molecule is CC1(C)C2CCC1(C)C(OC(=O)[C@H](N)Cc1cnc[nH]1)C2. The number of aromatic amines is 1. The van der Waals surface area contributed by atoms with Crippen LogP contribution in [0.3, 0.4) is 0 Å². The molecule has 1 heterocycles. The lowest BCUT2D eigenvalue weighted by Gasteiger charge is -2.38. The maximum atomic E-state index is 12.3. The monoisotopic (exact) mass is 291 g/mol. The molecule has 1 aromatic heterocycles. The summed E-state index contributed by atoms with van der Waals surface area (Å²) in [6.07, 6.45) is 7.09. The van der Waals surface area contributed by atoms with E-state index in [1.54, 1.807) is 12.5 Å². The van der Waals surface area contributed by atoms with E-state index in [0.29, 0.717) is 12.3 Å². The summed E-state index contributed by atoms with van der Waals surface area (Å²) >= 11 is 0. The van der Waals surface area contributed by atoms with E-state index in [2.05, 4.69) is 30.7 Å². The maximum absolute atomic E-state index is 12.3. The molecule has 3 unspecified atom stereocenters. The smallest absolute Gasteiger partial charge is 0.323 e. The Morgan fingerprint density at radius 1 is 1.57 bits per heavy atom. The van der Waals surface area contributed by atoms with Gasteiger partial charge >= 0.3 is 5.97 Å². The van der Waals surface area contributed by atoms with Crippen molar-refractivity contribution >= 4 is 5.97 Å². The van der Waals surface area contributed by atoms with Gasteiger partial charge in [0.2, 0.25) is 0 Å². The highest BCUT2D eigenvalue weighted by molar-refractivity contribution is 5.76. The van der Waals surface area contributed by atoms with E-state index in [1.165, 1.54) is 6.42 Å². The minimum Gasteiger partial charge on any atom is -0.461 e. The molecular weight excluding hydrogens is 266 g/mol. The summed E-state index contributed by atoms with van der Waals surface area (Å²) in [7, 11) is 0. The van der Waals surface area contributed by atoms with E-state index >= 15 is 0 Å². The minimum absolute atomic E-state index is 0.00608. The number of nitrogens with one attached hydrogen (secondary N) is 1. The van der Waals surface area contributed by atoms with Crippen molar-refractivity contribution in [3.63, 3.8) is 0 Å². The summed E-state index contributed by atoms with van der Waals surface area (Å²) in [5.74, 6) is 0.364. The van der Waals surface area contributed by atoms with Crippen LogP contribution in [-0.2, 0) is 16.0 Å². The lowest BCUT2D eigenvalue weighted by Crippen LogP contribution is -2.43. The zero-order chi connectivity index (χ0) is 15.3. The van der Waals surface area contributed by atoms with E-state index in [9.17, 15) is 4.79 Å². The van der Waals surface area contributed by atoms with Crippen LogP contribution in [0.15, 0.2) is 12.5 Å². The molecule has 2 saturated carbocycles. The molecule has 116 valence electrons. The second kappa shape index (κ2) is 4.83. The van der Waals surface area contributed by atoms with Crippen molar-refractivity contribution in [1.82, 2.24) is 9.97 Å². The number of nitrogens with two attached hydrogens (primary N) is 1. The highest BCUT2D eigenvalue weighted by Gasteiger charge is 2.62. The van der Waals surface area contributed by atoms with Gasteiger partial charge in [0.15, 0.2) is 0 Å². The summed E-state index contributed by atoms with van der Waals surface area (Å²) in [4.78, 5) is 19.2. The van der Waals surface area contributed by atoms with Gasteiger partial charge in [-0.15, -0.1) is 0 Å². The van der Waals surface area contributed by atoms with Crippen molar-refractivity contribution in [3.05, 3.63) is 18.2 Å². The number of nitrogens with zero attached hydrogens (tertiary/aromatic N) is 1. The van der Waals surface area contributed by atoms with Crippen LogP contribution in [0.2, 0.25) is 0 Å². The Hall–Kier alpha value is -1.36. The summed E-state index contributed by atoms with van der Waals surface area (Å²) in [6.45, 7) is 6.88. The first-order valence-corrected chi connectivity index (χ1v) is 7.78. The fourth-order valence-electron chi connectivity index (χ4n) is 4.25. The number of imidazole rings is 1. The van der Waals surface area contributed by atoms with Crippen molar-refractivity contribution in [2.75, 3.05) is 0 Å². The van der Waals surface area contributed by atoms with Crippen molar-refractivity contribution in [2.45, 2.75) is 58.6 Å². The second-order valence-electron chi connectivity index (χ2n) is 7.42. The quantitative estimate of drug-likeness (QED) is 0.832. The number of carbonyl (C=O) groups excluding carboxylic acids is 1. The molecular formula is C16H25N3O2. The normalized spacial score (nSPS) is 34.9. The molecule has 2 bridgehead atoms. The Balaban J connectivity index is 1.63. The average molecular weight is 291 g/mol. The second-order valence-corrected chi connectivity index (χ2v) is 7.42. The number of aromatic nitrogens is 2. The van der Waals surface area contributed by atoms with Gasteiger partial charge in [-0.05, 0) is 30.6 Å². The lowest BCUT2D eigenvalue weighted by atomic mass is 9.70. The Bertz CT molecular complexity index is 526. The lowest BCUT2D eigenvalue weighted by molar-refractivity contribution is -0.158. The topological polar surface area (TPSA) is 81.0 Å². The van der Waals surface area contributed by atoms with Crippen LogP contribution < -0.4 is 5.73 Å². The fourth-order valence-corrected chi connectivity index (χ4v) is 4.25. The number of rotatable bonds is 4. The first-order chi connectivity index (χ1) is 9.84. The molecule has 21 heavy (non-hydrogen) atoms. The van der Waals surface area contributed by atoms with Crippen LogP contribution >= 0.6 is 0 Å². The number of carbonyl (C=O) groups is 1. The number of H-pyrrole nitrogens is 1. The Morgan fingerprint density at radius 2 is 2.33 bits per heavy atom. The molecule has 0 aliphatic heterocycles. The van der Waals surface area contributed by atoms with Gasteiger partial charge in [-0.2, -0.15) is 0 Å². The molecule has 2 fully saturated rings. The average Bonchev–Trinajstić information content (AvgIpc) is 3.04. The summed E-state index contributed by atoms with van der Waals surface area (Å²) in [5, 5.41) is 0. The molecule has 0 saturated heterocycles. The van der Waals surface area contributed by atoms with Crippen LogP contribution in [0.25, 0.3) is 0 Å². The molecule has 2 aliphatic rings. The van der Waals surface area contributed by atoms with Gasteiger partial charge in [-0.25, -0.2) is 4.98 Å². The molecule has 5 nitrogen and oxygen atoms in total. The van der Waals surface area contributed by atoms with Gasteiger partial charge in [0.25, 0.3) is 0 Å². The minimum atomic E-state index is -0.628. The molecule has 3 rings (SSSR count). The third kappa shape index (κ3) is 2.18. The third-order valence-electron chi connectivity index (χ3n) is 6.27. The summed E-state index contributed by atoms with van der Waals surface area (Å²) in [5.41, 5.74) is 7.16. The Labute approximate surface area is 125 Å². The van der Waals surface area contributed by atoms with E-state index < -0.39 is 6.04 Å². The van der Waals surface area contributed by atoms with Crippen molar-refractivity contribution < 1.29 is 9.53 Å². The molecule has 2 aliphatic carbocycles. The van der Waals surface area contributed by atoms with E-state index in [-0.39, 0.29) is 22.9 Å². The summed E-state index contributed by atoms with van der Waals surface area (Å²) in [6, 6.07) is -0.628. The Morgan fingerprint density at radius 3 is 2.86 bits per heavy atom. The van der Waals surface area contributed by atoms with Gasteiger partial charge in [0, 0.05) is 23.7 Å². The molecule has 4 atom stereocenters. The number of esters is 1. The summed E-state index contributed by atoms with van der Waals surface area (Å²) < 4.78 is 5.80. The van der Waals surface area contributed by atoms with Gasteiger partial charge < -0.3 is 15.5 Å². The highest BCUT2D eigenvalue weighted by Crippen LogP contribution is 2.66. The van der Waals surface area contributed by atoms with Gasteiger partial charge in [-0.3, -0.25) is 4.79 Å². The van der Waals surface area contributed by atoms with Crippen LogP contribution in [0, 0.1) is 16.7 Å². The van der Waals surface area contributed by atoms with Crippen LogP contribution in [-0.4, -0.2) is 28.1 Å². The van der Waals surface area contributed by atoms with Crippen molar-refractivity contribution in [3.8, 4) is 0 Å². The van der Waals surface area contributed by atoms with E-state index in [1.807, 2.05) is 0 Å². The van der Waals surface area contributed by atoms with Gasteiger partial charge in [-0.1, -0.05) is 20.8 Å². The van der Waals surface area contributed by atoms with Gasteiger partial charge in [0.1, 0.15) is 12.1 Å². The molecule has 0 aromatic carbocycles. The third-order valence-corrected chi connectivity index (χ3v) is 6.27. The predicted molar refractivity (Wildman–Crippen MR) is 79.4 cm³/mol. The molecule has 0 radical (unpaired) electrons. The maximum Gasteiger partial charge on any atom is 0.323 e.